The van der Waals surface area contributed by atoms with E-state index in [0.717, 1.165) is 17.4 Å². The van der Waals surface area contributed by atoms with Crippen molar-refractivity contribution in [1.82, 2.24) is 8.75 Å². The zero-order valence-electron chi connectivity index (χ0n) is 11.8. The van der Waals surface area contributed by atoms with Crippen LogP contribution in [0.5, 0.6) is 17.4 Å². The molecular formula is C13H17N3O4S. The summed E-state index contributed by atoms with van der Waals surface area (Å²) in [5.41, 5.74) is 0.821. The summed E-state index contributed by atoms with van der Waals surface area (Å²) in [4.78, 5) is 0. The first-order chi connectivity index (χ1) is 10.2. The molecule has 0 saturated carbocycles. The van der Waals surface area contributed by atoms with Crippen LogP contribution >= 0.6 is 11.7 Å². The molecule has 1 aromatic carbocycles. The van der Waals surface area contributed by atoms with Crippen molar-refractivity contribution in [2.75, 3.05) is 32.7 Å². The number of aliphatic hydroxyl groups excluding tert-OH is 1. The molecule has 2 aromatic rings. The smallest absolute Gasteiger partial charge is 0.245 e. The molecule has 1 heterocycles. The highest BCUT2D eigenvalue weighted by Crippen LogP contribution is 2.29. The highest BCUT2D eigenvalue weighted by atomic mass is 32.1. The largest absolute Gasteiger partial charge is 0.493 e. The van der Waals surface area contributed by atoms with Gasteiger partial charge in [0, 0.05) is 18.3 Å². The third-order valence-electron chi connectivity index (χ3n) is 2.69. The maximum atomic E-state index is 9.85. The molecule has 0 spiro atoms. The van der Waals surface area contributed by atoms with E-state index in [0.29, 0.717) is 23.9 Å². The fourth-order valence-corrected chi connectivity index (χ4v) is 2.01. The molecular weight excluding hydrogens is 294 g/mol. The molecule has 0 amide bonds. The Hall–Kier alpha value is -2.06. The molecule has 2 N–H and O–H groups in total. The van der Waals surface area contributed by atoms with Crippen molar-refractivity contribution >= 4 is 17.4 Å². The summed E-state index contributed by atoms with van der Waals surface area (Å²) in [7, 11) is 3.16. The lowest BCUT2D eigenvalue weighted by molar-refractivity contribution is 0.115. The number of aromatic nitrogens is 2. The summed E-state index contributed by atoms with van der Waals surface area (Å²) in [5, 5.41) is 12.9. The molecule has 0 radical (unpaired) electrons. The van der Waals surface area contributed by atoms with Crippen LogP contribution in [0.3, 0.4) is 0 Å². The molecule has 1 aromatic heterocycles. The maximum absolute atomic E-state index is 9.85. The van der Waals surface area contributed by atoms with Gasteiger partial charge in [0.05, 0.1) is 25.9 Å². The Morgan fingerprint density at radius 3 is 2.76 bits per heavy atom. The molecule has 0 fully saturated rings. The SMILES string of the molecule is COc1ccc(NCC(O)COc2cnsn2)cc1OC. The number of anilines is 1. The van der Waals surface area contributed by atoms with Crippen molar-refractivity contribution < 1.29 is 19.3 Å². The van der Waals surface area contributed by atoms with Gasteiger partial charge in [0.25, 0.3) is 0 Å². The van der Waals surface area contributed by atoms with Crippen molar-refractivity contribution in [3.63, 3.8) is 0 Å². The third kappa shape index (κ3) is 4.47. The van der Waals surface area contributed by atoms with E-state index >= 15 is 0 Å². The first kappa shape index (κ1) is 15.3. The van der Waals surface area contributed by atoms with E-state index in [-0.39, 0.29) is 6.61 Å². The van der Waals surface area contributed by atoms with E-state index in [1.807, 2.05) is 6.07 Å². The van der Waals surface area contributed by atoms with Gasteiger partial charge in [0.15, 0.2) is 11.5 Å². The van der Waals surface area contributed by atoms with Gasteiger partial charge >= 0.3 is 0 Å². The Balaban J connectivity index is 1.81. The average Bonchev–Trinajstić information content (AvgIpc) is 3.04. The number of aliphatic hydroxyl groups is 1. The molecule has 114 valence electrons. The predicted octanol–water partition coefficient (Wildman–Crippen LogP) is 1.41. The molecule has 8 heteroatoms. The van der Waals surface area contributed by atoms with Crippen LogP contribution in [0.25, 0.3) is 0 Å². The highest BCUT2D eigenvalue weighted by Gasteiger charge is 2.08. The molecule has 0 aliphatic carbocycles. The lowest BCUT2D eigenvalue weighted by atomic mass is 10.2. The van der Waals surface area contributed by atoms with Gasteiger partial charge in [-0.25, -0.2) is 0 Å². The number of rotatable bonds is 8. The Morgan fingerprint density at radius 1 is 1.29 bits per heavy atom. The van der Waals surface area contributed by atoms with Crippen LogP contribution in [0.2, 0.25) is 0 Å². The average molecular weight is 311 g/mol. The number of benzene rings is 1. The zero-order valence-corrected chi connectivity index (χ0v) is 12.6. The van der Waals surface area contributed by atoms with Crippen LogP contribution in [0.4, 0.5) is 5.69 Å². The molecule has 2 rings (SSSR count). The molecule has 21 heavy (non-hydrogen) atoms. The normalized spacial score (nSPS) is 11.8. The molecule has 0 saturated heterocycles. The van der Waals surface area contributed by atoms with Crippen LogP contribution in [0.15, 0.2) is 24.4 Å². The highest BCUT2D eigenvalue weighted by molar-refractivity contribution is 6.99. The van der Waals surface area contributed by atoms with Crippen LogP contribution in [0.1, 0.15) is 0 Å². The fraction of sp³-hybridized carbons (Fsp3) is 0.385. The molecule has 1 unspecified atom stereocenters. The summed E-state index contributed by atoms with van der Waals surface area (Å²) in [6.45, 7) is 0.485. The molecule has 1 atom stereocenters. The lowest BCUT2D eigenvalue weighted by Crippen LogP contribution is -2.26. The number of hydrogen-bond acceptors (Lipinski definition) is 8. The lowest BCUT2D eigenvalue weighted by Gasteiger charge is -2.14. The zero-order chi connectivity index (χ0) is 15.1. The fourth-order valence-electron chi connectivity index (χ4n) is 1.64. The summed E-state index contributed by atoms with van der Waals surface area (Å²) in [5.74, 6) is 1.70. The quantitative estimate of drug-likeness (QED) is 0.762. The van der Waals surface area contributed by atoms with Crippen LogP contribution in [0, 0.1) is 0 Å². The number of nitrogens with one attached hydrogen (secondary N) is 1. The molecule has 0 aliphatic rings. The Kier molecular flexibility index (Phi) is 5.59. The van der Waals surface area contributed by atoms with Gasteiger partial charge in [-0.05, 0) is 12.1 Å². The summed E-state index contributed by atoms with van der Waals surface area (Å²) in [6, 6.07) is 5.45. The topological polar surface area (TPSA) is 85.7 Å². The van der Waals surface area contributed by atoms with Crippen LogP contribution in [-0.2, 0) is 0 Å². The van der Waals surface area contributed by atoms with Gasteiger partial charge in [0.1, 0.15) is 18.9 Å². The number of methoxy groups -OCH3 is 2. The van der Waals surface area contributed by atoms with E-state index < -0.39 is 6.10 Å². The Bertz CT molecular complexity index is 550. The summed E-state index contributed by atoms with van der Waals surface area (Å²) in [6.07, 6.45) is 0.846. The van der Waals surface area contributed by atoms with Crippen molar-refractivity contribution in [2.45, 2.75) is 6.10 Å². The van der Waals surface area contributed by atoms with E-state index in [9.17, 15) is 5.11 Å². The standard InChI is InChI=1S/C13H17N3O4S/c1-18-11-4-3-9(5-12(11)19-2)14-6-10(17)8-20-13-7-15-21-16-13/h3-5,7,10,14,17H,6,8H2,1-2H3. The van der Waals surface area contributed by atoms with Gasteiger partial charge < -0.3 is 24.6 Å². The molecule has 7 nitrogen and oxygen atoms in total. The minimum absolute atomic E-state index is 0.145. The Labute approximate surface area is 126 Å². The van der Waals surface area contributed by atoms with Crippen molar-refractivity contribution in [3.05, 3.63) is 24.4 Å². The van der Waals surface area contributed by atoms with E-state index in [1.54, 1.807) is 26.4 Å². The van der Waals surface area contributed by atoms with Gasteiger partial charge in [-0.3, -0.25) is 0 Å². The van der Waals surface area contributed by atoms with Crippen molar-refractivity contribution in [2.24, 2.45) is 0 Å². The monoisotopic (exact) mass is 311 g/mol. The van der Waals surface area contributed by atoms with Gasteiger partial charge in [-0.1, -0.05) is 0 Å². The Morgan fingerprint density at radius 2 is 2.10 bits per heavy atom. The summed E-state index contributed by atoms with van der Waals surface area (Å²) < 4.78 is 23.4. The maximum Gasteiger partial charge on any atom is 0.245 e. The van der Waals surface area contributed by atoms with Gasteiger partial charge in [-0.15, -0.1) is 4.37 Å². The first-order valence-corrected chi connectivity index (χ1v) is 7.00. The second-order valence-corrected chi connectivity index (χ2v) is 4.72. The molecule has 0 aliphatic heterocycles. The minimum atomic E-state index is -0.667. The van der Waals surface area contributed by atoms with E-state index in [1.165, 1.54) is 6.20 Å². The second kappa shape index (κ2) is 7.65. The van der Waals surface area contributed by atoms with Gasteiger partial charge in [-0.2, -0.15) is 4.37 Å². The van der Waals surface area contributed by atoms with E-state index in [4.69, 9.17) is 14.2 Å². The number of nitrogens with zero attached hydrogens (tertiary/aromatic N) is 2. The molecule has 0 bridgehead atoms. The number of ether oxygens (including phenoxy) is 3. The van der Waals surface area contributed by atoms with Crippen molar-refractivity contribution in [1.29, 1.82) is 0 Å². The second-order valence-electron chi connectivity index (χ2n) is 4.16. The van der Waals surface area contributed by atoms with Crippen LogP contribution < -0.4 is 19.5 Å². The minimum Gasteiger partial charge on any atom is -0.493 e. The predicted molar refractivity (Wildman–Crippen MR) is 79.4 cm³/mol. The van der Waals surface area contributed by atoms with Gasteiger partial charge in [0.2, 0.25) is 5.88 Å². The van der Waals surface area contributed by atoms with Crippen LogP contribution in [-0.4, -0.2) is 47.3 Å². The summed E-state index contributed by atoms with van der Waals surface area (Å²) >= 11 is 1.06. The van der Waals surface area contributed by atoms with E-state index in [2.05, 4.69) is 14.1 Å². The third-order valence-corrected chi connectivity index (χ3v) is 3.15. The van der Waals surface area contributed by atoms with Crippen molar-refractivity contribution in [3.8, 4) is 17.4 Å². The number of hydrogen-bond donors (Lipinski definition) is 2. The first-order valence-electron chi connectivity index (χ1n) is 6.27.